The van der Waals surface area contributed by atoms with Crippen LogP contribution in [0.3, 0.4) is 0 Å². The van der Waals surface area contributed by atoms with Crippen molar-refractivity contribution in [3.63, 3.8) is 0 Å². The highest BCUT2D eigenvalue weighted by atomic mass is 19.1. The van der Waals surface area contributed by atoms with Crippen molar-refractivity contribution in [3.8, 4) is 0 Å². The first-order chi connectivity index (χ1) is 5.77. The van der Waals surface area contributed by atoms with E-state index in [4.69, 9.17) is 5.11 Å². The molecule has 1 heterocycles. The number of nitrogens with zero attached hydrogens (tertiary/aromatic N) is 1. The van der Waals surface area contributed by atoms with E-state index >= 15 is 0 Å². The highest BCUT2D eigenvalue weighted by Gasteiger charge is 2.31. The molecule has 0 radical (unpaired) electrons. The number of aliphatic hydroxyl groups is 1. The van der Waals surface area contributed by atoms with Crippen LogP contribution < -0.4 is 0 Å². The van der Waals surface area contributed by atoms with Gasteiger partial charge in [-0.15, -0.1) is 0 Å². The molecule has 0 unspecified atom stereocenters. The van der Waals surface area contributed by atoms with Gasteiger partial charge in [0.25, 0.3) is 0 Å². The van der Waals surface area contributed by atoms with Crippen molar-refractivity contribution < 1.29 is 9.50 Å². The topological polar surface area (TPSA) is 33.1 Å². The molecule has 1 fully saturated rings. The molecule has 3 heteroatoms. The summed E-state index contributed by atoms with van der Waals surface area (Å²) in [6, 6.07) is 2.99. The molecule has 1 aromatic rings. The molecule has 2 rings (SSSR count). The summed E-state index contributed by atoms with van der Waals surface area (Å²) in [7, 11) is 0. The summed E-state index contributed by atoms with van der Waals surface area (Å²) in [6.45, 7) is 0. The molecule has 64 valence electrons. The predicted octanol–water partition coefficient (Wildman–Crippen LogP) is 1.46. The quantitative estimate of drug-likeness (QED) is 0.686. The second kappa shape index (κ2) is 2.83. The summed E-state index contributed by atoms with van der Waals surface area (Å²) < 4.78 is 13.0. The van der Waals surface area contributed by atoms with Gasteiger partial charge < -0.3 is 5.11 Å². The third kappa shape index (κ3) is 1.20. The van der Waals surface area contributed by atoms with Crippen LogP contribution in [0, 0.1) is 5.82 Å². The van der Waals surface area contributed by atoms with Gasteiger partial charge in [-0.2, -0.15) is 0 Å². The van der Waals surface area contributed by atoms with Crippen LogP contribution in [0.15, 0.2) is 18.3 Å². The fourth-order valence-electron chi connectivity index (χ4n) is 1.51. The fourth-order valence-corrected chi connectivity index (χ4v) is 1.51. The second-order valence-electron chi connectivity index (χ2n) is 3.19. The van der Waals surface area contributed by atoms with Gasteiger partial charge >= 0.3 is 0 Å². The van der Waals surface area contributed by atoms with Crippen molar-refractivity contribution in [1.29, 1.82) is 0 Å². The molecule has 1 aliphatic carbocycles. The molecule has 0 amide bonds. The van der Waals surface area contributed by atoms with Gasteiger partial charge in [0.05, 0.1) is 11.8 Å². The lowest BCUT2D eigenvalue weighted by molar-refractivity contribution is 0.0719. The number of rotatable bonds is 1. The molecule has 1 N–H and O–H groups in total. The van der Waals surface area contributed by atoms with Gasteiger partial charge in [-0.25, -0.2) is 4.39 Å². The van der Waals surface area contributed by atoms with Crippen molar-refractivity contribution in [1.82, 2.24) is 4.98 Å². The smallest absolute Gasteiger partial charge is 0.144 e. The molecule has 12 heavy (non-hydrogen) atoms. The number of halogens is 1. The maximum absolute atomic E-state index is 13.0. The van der Waals surface area contributed by atoms with Crippen LogP contribution in [-0.4, -0.2) is 16.2 Å². The molecular weight excluding hydrogens is 157 g/mol. The van der Waals surface area contributed by atoms with Crippen LogP contribution >= 0.6 is 0 Å². The third-order valence-corrected chi connectivity index (χ3v) is 2.29. The van der Waals surface area contributed by atoms with E-state index in [9.17, 15) is 4.39 Å². The SMILES string of the molecule is OC1CC(c2ncccc2F)C1. The minimum atomic E-state index is -0.255. The van der Waals surface area contributed by atoms with E-state index in [2.05, 4.69) is 4.98 Å². The normalized spacial score (nSPS) is 28.2. The molecule has 1 aliphatic rings. The molecule has 0 atom stereocenters. The van der Waals surface area contributed by atoms with Crippen LogP contribution in [0.4, 0.5) is 4.39 Å². The van der Waals surface area contributed by atoms with Crippen molar-refractivity contribution in [3.05, 3.63) is 29.8 Å². The zero-order valence-corrected chi connectivity index (χ0v) is 6.57. The Bertz CT molecular complexity index is 284. The van der Waals surface area contributed by atoms with Gasteiger partial charge in [-0.3, -0.25) is 4.98 Å². The molecule has 0 aliphatic heterocycles. The van der Waals surface area contributed by atoms with Crippen molar-refractivity contribution in [2.24, 2.45) is 0 Å². The lowest BCUT2D eigenvalue weighted by Gasteiger charge is -2.30. The van der Waals surface area contributed by atoms with Crippen molar-refractivity contribution in [2.45, 2.75) is 24.9 Å². The standard InChI is InChI=1S/C9H10FNO/c10-8-2-1-3-11-9(8)6-4-7(12)5-6/h1-3,6-7,12H,4-5H2. The van der Waals surface area contributed by atoms with Crippen LogP contribution in [0.1, 0.15) is 24.5 Å². The van der Waals surface area contributed by atoms with E-state index < -0.39 is 0 Å². The average molecular weight is 167 g/mol. The molecule has 0 bridgehead atoms. The Labute approximate surface area is 70.1 Å². The molecule has 0 aromatic carbocycles. The summed E-state index contributed by atoms with van der Waals surface area (Å²) in [5, 5.41) is 9.02. The Morgan fingerprint density at radius 3 is 2.83 bits per heavy atom. The van der Waals surface area contributed by atoms with E-state index in [0.29, 0.717) is 18.5 Å². The Balaban J connectivity index is 2.18. The number of hydrogen-bond acceptors (Lipinski definition) is 2. The number of pyridine rings is 1. The Hall–Kier alpha value is -0.960. The highest BCUT2D eigenvalue weighted by Crippen LogP contribution is 2.36. The van der Waals surface area contributed by atoms with Crippen LogP contribution in [0.5, 0.6) is 0 Å². The molecule has 0 spiro atoms. The minimum absolute atomic E-state index is 0.126. The summed E-state index contributed by atoms with van der Waals surface area (Å²) >= 11 is 0. The predicted molar refractivity (Wildman–Crippen MR) is 42.2 cm³/mol. The van der Waals surface area contributed by atoms with Gasteiger partial charge in [0, 0.05) is 12.1 Å². The molecule has 2 nitrogen and oxygen atoms in total. The van der Waals surface area contributed by atoms with E-state index in [1.54, 1.807) is 12.3 Å². The van der Waals surface area contributed by atoms with Gasteiger partial charge in [0.1, 0.15) is 5.82 Å². The highest BCUT2D eigenvalue weighted by molar-refractivity contribution is 5.15. The summed E-state index contributed by atoms with van der Waals surface area (Å²) in [5.74, 6) is -0.129. The maximum atomic E-state index is 13.0. The molecule has 1 aromatic heterocycles. The Morgan fingerprint density at radius 2 is 2.25 bits per heavy atom. The number of aliphatic hydroxyl groups excluding tert-OH is 1. The van der Waals surface area contributed by atoms with Crippen molar-refractivity contribution in [2.75, 3.05) is 0 Å². The largest absolute Gasteiger partial charge is 0.393 e. The van der Waals surface area contributed by atoms with Crippen molar-refractivity contribution >= 4 is 0 Å². The number of aromatic nitrogens is 1. The molecular formula is C9H10FNO. The first kappa shape index (κ1) is 7.68. The zero-order valence-electron chi connectivity index (χ0n) is 6.57. The van der Waals surface area contributed by atoms with E-state index in [-0.39, 0.29) is 17.8 Å². The second-order valence-corrected chi connectivity index (χ2v) is 3.19. The Morgan fingerprint density at radius 1 is 1.50 bits per heavy atom. The monoisotopic (exact) mass is 167 g/mol. The first-order valence-electron chi connectivity index (χ1n) is 4.06. The van der Waals surface area contributed by atoms with Gasteiger partial charge in [0.15, 0.2) is 0 Å². The fraction of sp³-hybridized carbons (Fsp3) is 0.444. The maximum Gasteiger partial charge on any atom is 0.144 e. The average Bonchev–Trinajstić information content (AvgIpc) is 2.01. The number of hydrogen-bond donors (Lipinski definition) is 1. The van der Waals surface area contributed by atoms with E-state index in [1.165, 1.54) is 6.07 Å². The zero-order chi connectivity index (χ0) is 8.55. The van der Waals surface area contributed by atoms with Gasteiger partial charge in [0.2, 0.25) is 0 Å². The molecule has 0 saturated heterocycles. The van der Waals surface area contributed by atoms with Crippen LogP contribution in [0.25, 0.3) is 0 Å². The van der Waals surface area contributed by atoms with Crippen LogP contribution in [0.2, 0.25) is 0 Å². The summed E-state index contributed by atoms with van der Waals surface area (Å²) in [5.41, 5.74) is 0.503. The lowest BCUT2D eigenvalue weighted by Crippen LogP contribution is -2.27. The van der Waals surface area contributed by atoms with Gasteiger partial charge in [-0.05, 0) is 25.0 Å². The third-order valence-electron chi connectivity index (χ3n) is 2.29. The minimum Gasteiger partial charge on any atom is -0.393 e. The Kier molecular flexibility index (Phi) is 1.81. The first-order valence-corrected chi connectivity index (χ1v) is 4.06. The molecule has 1 saturated carbocycles. The van der Waals surface area contributed by atoms with E-state index in [0.717, 1.165) is 0 Å². The summed E-state index contributed by atoms with van der Waals surface area (Å²) in [4.78, 5) is 3.95. The lowest BCUT2D eigenvalue weighted by atomic mass is 9.80. The summed E-state index contributed by atoms with van der Waals surface area (Å²) in [6.07, 6.45) is 2.63. The van der Waals surface area contributed by atoms with Crippen LogP contribution in [-0.2, 0) is 0 Å². The van der Waals surface area contributed by atoms with E-state index in [1.807, 2.05) is 0 Å². The van der Waals surface area contributed by atoms with Gasteiger partial charge in [-0.1, -0.05) is 0 Å².